The summed E-state index contributed by atoms with van der Waals surface area (Å²) in [6.07, 6.45) is 0.298. The Balaban J connectivity index is 1.98. The normalized spacial score (nSPS) is 11.7. The second-order valence-electron chi connectivity index (χ2n) is 5.14. The number of hydrogen-bond donors (Lipinski definition) is 1. The van der Waals surface area contributed by atoms with Crippen LogP contribution in [0, 0.1) is 25.2 Å². The third-order valence-corrected chi connectivity index (χ3v) is 3.37. The second kappa shape index (κ2) is 6.27. The SMILES string of the molecule is Cc1cc(C(C)NC(=O)Cc2ccc(C#N)cc2)c(C)o1. The van der Waals surface area contributed by atoms with Gasteiger partial charge in [0.15, 0.2) is 0 Å². The van der Waals surface area contributed by atoms with E-state index in [1.807, 2.05) is 26.8 Å². The van der Waals surface area contributed by atoms with E-state index in [1.165, 1.54) is 0 Å². The van der Waals surface area contributed by atoms with E-state index in [4.69, 9.17) is 9.68 Å². The Morgan fingerprint density at radius 3 is 2.52 bits per heavy atom. The van der Waals surface area contributed by atoms with Gasteiger partial charge in [-0.3, -0.25) is 4.79 Å². The van der Waals surface area contributed by atoms with Gasteiger partial charge in [-0.05, 0) is 44.5 Å². The predicted molar refractivity (Wildman–Crippen MR) is 79.6 cm³/mol. The molecule has 1 N–H and O–H groups in total. The summed E-state index contributed by atoms with van der Waals surface area (Å²) in [5, 5.41) is 11.7. The molecule has 1 aromatic carbocycles. The molecule has 0 saturated heterocycles. The van der Waals surface area contributed by atoms with Gasteiger partial charge in [-0.25, -0.2) is 0 Å². The zero-order chi connectivity index (χ0) is 15.4. The molecule has 0 saturated carbocycles. The number of aryl methyl sites for hydroxylation is 2. The third-order valence-electron chi connectivity index (χ3n) is 3.37. The molecule has 0 spiro atoms. The van der Waals surface area contributed by atoms with Gasteiger partial charge >= 0.3 is 0 Å². The second-order valence-corrected chi connectivity index (χ2v) is 5.14. The minimum absolute atomic E-state index is 0.0505. The summed E-state index contributed by atoms with van der Waals surface area (Å²) in [4.78, 5) is 12.1. The fourth-order valence-corrected chi connectivity index (χ4v) is 2.33. The van der Waals surface area contributed by atoms with Crippen LogP contribution >= 0.6 is 0 Å². The zero-order valence-corrected chi connectivity index (χ0v) is 12.4. The van der Waals surface area contributed by atoms with Crippen LogP contribution in [0.25, 0.3) is 0 Å². The number of nitriles is 1. The van der Waals surface area contributed by atoms with Crippen LogP contribution in [-0.4, -0.2) is 5.91 Å². The molecule has 21 heavy (non-hydrogen) atoms. The zero-order valence-electron chi connectivity index (χ0n) is 12.4. The van der Waals surface area contributed by atoms with Gasteiger partial charge in [0.1, 0.15) is 11.5 Å². The van der Waals surface area contributed by atoms with Crippen molar-refractivity contribution >= 4 is 5.91 Å². The van der Waals surface area contributed by atoms with Crippen LogP contribution in [0.4, 0.5) is 0 Å². The number of furan rings is 1. The smallest absolute Gasteiger partial charge is 0.224 e. The molecule has 0 radical (unpaired) electrons. The average Bonchev–Trinajstić information content (AvgIpc) is 2.78. The van der Waals surface area contributed by atoms with Gasteiger partial charge in [-0.2, -0.15) is 5.26 Å². The Bertz CT molecular complexity index is 678. The van der Waals surface area contributed by atoms with Crippen molar-refractivity contribution in [2.75, 3.05) is 0 Å². The Morgan fingerprint density at radius 1 is 1.33 bits per heavy atom. The Labute approximate surface area is 124 Å². The van der Waals surface area contributed by atoms with Crippen LogP contribution < -0.4 is 5.32 Å². The average molecular weight is 282 g/mol. The first-order valence-corrected chi connectivity index (χ1v) is 6.85. The van der Waals surface area contributed by atoms with E-state index in [0.717, 1.165) is 22.6 Å². The molecule has 108 valence electrons. The van der Waals surface area contributed by atoms with Gasteiger partial charge in [0.2, 0.25) is 5.91 Å². The van der Waals surface area contributed by atoms with Gasteiger partial charge in [0.25, 0.3) is 0 Å². The molecule has 4 heteroatoms. The monoisotopic (exact) mass is 282 g/mol. The lowest BCUT2D eigenvalue weighted by Gasteiger charge is -2.13. The van der Waals surface area contributed by atoms with Gasteiger partial charge in [0, 0.05) is 5.56 Å². The standard InChI is InChI=1S/C17H18N2O2/c1-11-8-16(13(3)21-11)12(2)19-17(20)9-14-4-6-15(10-18)7-5-14/h4-8,12H,9H2,1-3H3,(H,19,20). The lowest BCUT2D eigenvalue weighted by molar-refractivity contribution is -0.121. The van der Waals surface area contributed by atoms with Gasteiger partial charge < -0.3 is 9.73 Å². The van der Waals surface area contributed by atoms with Gasteiger partial charge in [-0.15, -0.1) is 0 Å². The van der Waals surface area contributed by atoms with Crippen molar-refractivity contribution in [1.82, 2.24) is 5.32 Å². The maximum absolute atomic E-state index is 12.1. The number of nitrogens with zero attached hydrogens (tertiary/aromatic N) is 1. The first-order chi connectivity index (χ1) is 9.99. The summed E-state index contributed by atoms with van der Waals surface area (Å²) in [6.45, 7) is 5.72. The van der Waals surface area contributed by atoms with Crippen LogP contribution in [0.1, 0.15) is 41.2 Å². The summed E-state index contributed by atoms with van der Waals surface area (Å²) in [6, 6.07) is 11.0. The molecule has 0 aliphatic heterocycles. The summed E-state index contributed by atoms with van der Waals surface area (Å²) in [5.74, 6) is 1.62. The molecule has 2 rings (SSSR count). The highest BCUT2D eigenvalue weighted by Gasteiger charge is 2.15. The van der Waals surface area contributed by atoms with Crippen molar-refractivity contribution in [3.63, 3.8) is 0 Å². The number of benzene rings is 1. The Kier molecular flexibility index (Phi) is 4.44. The number of rotatable bonds is 4. The first-order valence-electron chi connectivity index (χ1n) is 6.85. The summed E-state index contributed by atoms with van der Waals surface area (Å²) in [7, 11) is 0. The van der Waals surface area contributed by atoms with E-state index in [1.54, 1.807) is 24.3 Å². The van der Waals surface area contributed by atoms with Gasteiger partial charge in [0.05, 0.1) is 24.1 Å². The molecule has 1 aromatic heterocycles. The van der Waals surface area contributed by atoms with Crippen molar-refractivity contribution in [2.24, 2.45) is 0 Å². The molecular weight excluding hydrogens is 264 g/mol. The van der Waals surface area contributed by atoms with Crippen molar-refractivity contribution in [3.05, 3.63) is 58.5 Å². The highest BCUT2D eigenvalue weighted by atomic mass is 16.3. The van der Waals surface area contributed by atoms with Crippen molar-refractivity contribution in [1.29, 1.82) is 5.26 Å². The van der Waals surface area contributed by atoms with Crippen LogP contribution in [0.2, 0.25) is 0 Å². The van der Waals surface area contributed by atoms with Crippen molar-refractivity contribution in [3.8, 4) is 6.07 Å². The lowest BCUT2D eigenvalue weighted by atomic mass is 10.1. The molecule has 1 atom stereocenters. The maximum atomic E-state index is 12.1. The van der Waals surface area contributed by atoms with E-state index in [9.17, 15) is 4.79 Å². The van der Waals surface area contributed by atoms with E-state index in [2.05, 4.69) is 11.4 Å². The van der Waals surface area contributed by atoms with Gasteiger partial charge in [-0.1, -0.05) is 12.1 Å². The van der Waals surface area contributed by atoms with Crippen molar-refractivity contribution in [2.45, 2.75) is 33.2 Å². The first kappa shape index (κ1) is 14.9. The Morgan fingerprint density at radius 2 is 2.00 bits per heavy atom. The maximum Gasteiger partial charge on any atom is 0.224 e. The fourth-order valence-electron chi connectivity index (χ4n) is 2.33. The highest BCUT2D eigenvalue weighted by molar-refractivity contribution is 5.79. The molecule has 0 aliphatic carbocycles. The molecule has 4 nitrogen and oxygen atoms in total. The molecule has 0 bridgehead atoms. The predicted octanol–water partition coefficient (Wildman–Crippen LogP) is 3.19. The Hall–Kier alpha value is -2.54. The minimum atomic E-state index is -0.0895. The molecule has 0 aliphatic rings. The number of nitrogens with one attached hydrogen (secondary N) is 1. The fraction of sp³-hybridized carbons (Fsp3) is 0.294. The van der Waals surface area contributed by atoms with E-state index < -0.39 is 0 Å². The third kappa shape index (κ3) is 3.73. The van der Waals surface area contributed by atoms with E-state index >= 15 is 0 Å². The largest absolute Gasteiger partial charge is 0.466 e. The van der Waals surface area contributed by atoms with Crippen LogP contribution in [0.3, 0.4) is 0 Å². The summed E-state index contributed by atoms with van der Waals surface area (Å²) in [5.41, 5.74) is 2.48. The quantitative estimate of drug-likeness (QED) is 0.936. The summed E-state index contributed by atoms with van der Waals surface area (Å²) >= 11 is 0. The highest BCUT2D eigenvalue weighted by Crippen LogP contribution is 2.21. The number of carbonyl (C=O) groups is 1. The van der Waals surface area contributed by atoms with E-state index in [0.29, 0.717) is 12.0 Å². The van der Waals surface area contributed by atoms with Crippen LogP contribution in [0.15, 0.2) is 34.7 Å². The summed E-state index contributed by atoms with van der Waals surface area (Å²) < 4.78 is 5.48. The minimum Gasteiger partial charge on any atom is -0.466 e. The molecular formula is C17H18N2O2. The van der Waals surface area contributed by atoms with Crippen LogP contribution in [0.5, 0.6) is 0 Å². The molecule has 1 heterocycles. The number of amides is 1. The molecule has 1 amide bonds. The van der Waals surface area contributed by atoms with E-state index in [-0.39, 0.29) is 11.9 Å². The molecule has 1 unspecified atom stereocenters. The number of carbonyl (C=O) groups excluding carboxylic acids is 1. The van der Waals surface area contributed by atoms with Crippen molar-refractivity contribution < 1.29 is 9.21 Å². The lowest BCUT2D eigenvalue weighted by Crippen LogP contribution is -2.28. The topological polar surface area (TPSA) is 66.0 Å². The molecule has 0 fully saturated rings. The number of hydrogen-bond acceptors (Lipinski definition) is 3. The van der Waals surface area contributed by atoms with Crippen LogP contribution in [-0.2, 0) is 11.2 Å². The molecule has 2 aromatic rings.